The molecule has 1 aliphatic heterocycles. The van der Waals surface area contributed by atoms with Crippen molar-refractivity contribution < 1.29 is 50.0 Å². The van der Waals surface area contributed by atoms with Gasteiger partial charge >= 0.3 is 0 Å². The van der Waals surface area contributed by atoms with Crippen LogP contribution < -0.4 is 5.32 Å². The maximum absolute atomic E-state index is 13.2. The minimum atomic E-state index is -1.66. The van der Waals surface area contributed by atoms with Crippen molar-refractivity contribution in [3.05, 3.63) is 12.2 Å². The summed E-state index contributed by atoms with van der Waals surface area (Å²) in [5.74, 6) is -0.692. The largest absolute Gasteiger partial charge is 0.394 e. The minimum absolute atomic E-state index is 0.262. The predicted octanol–water partition coefficient (Wildman–Crippen LogP) is 13.9. The van der Waals surface area contributed by atoms with Gasteiger partial charge in [0.1, 0.15) is 36.6 Å². The van der Waals surface area contributed by atoms with E-state index in [0.717, 1.165) is 38.5 Å². The lowest BCUT2D eigenvalue weighted by Gasteiger charge is -2.40. The summed E-state index contributed by atoms with van der Waals surface area (Å²) in [6, 6.07) is -1.17. The van der Waals surface area contributed by atoms with Gasteiger partial charge in [-0.15, -0.1) is 0 Å². The third-order valence-corrected chi connectivity index (χ3v) is 15.6. The zero-order chi connectivity index (χ0) is 53.3. The Balaban J connectivity index is 2.25. The molecule has 1 rings (SSSR count). The van der Waals surface area contributed by atoms with Gasteiger partial charge in [-0.2, -0.15) is 0 Å². The number of rotatable bonds is 55. The van der Waals surface area contributed by atoms with Gasteiger partial charge in [-0.1, -0.05) is 283 Å². The first kappa shape index (κ1) is 69.9. The van der Waals surface area contributed by atoms with Gasteiger partial charge < -0.3 is 50.5 Å². The summed E-state index contributed by atoms with van der Waals surface area (Å²) < 4.78 is 11.2. The lowest BCUT2D eigenvalue weighted by Crippen LogP contribution is -2.60. The Bertz CT molecular complexity index is 1190. The highest BCUT2D eigenvalue weighted by atomic mass is 16.7. The number of hydrogen-bond acceptors (Lipinski definition) is 10. The van der Waals surface area contributed by atoms with E-state index in [1.54, 1.807) is 0 Å². The van der Waals surface area contributed by atoms with E-state index >= 15 is 0 Å². The molecule has 9 atom stereocenters. The number of carbonyl (C=O) groups excluding carboxylic acids is 1. The van der Waals surface area contributed by atoms with Gasteiger partial charge in [0.05, 0.1) is 25.4 Å². The molecule has 11 heteroatoms. The van der Waals surface area contributed by atoms with Crippen LogP contribution in [0, 0.1) is 0 Å². The highest BCUT2D eigenvalue weighted by molar-refractivity contribution is 5.80. The van der Waals surface area contributed by atoms with E-state index in [0.29, 0.717) is 19.3 Å². The van der Waals surface area contributed by atoms with Gasteiger partial charge in [0.15, 0.2) is 6.29 Å². The number of amides is 1. The molecule has 434 valence electrons. The Hall–Kier alpha value is -1.15. The Morgan fingerprint density at radius 1 is 0.466 bits per heavy atom. The fourth-order valence-electron chi connectivity index (χ4n) is 10.4. The molecule has 0 radical (unpaired) electrons. The molecule has 9 unspecified atom stereocenters. The summed E-state index contributed by atoms with van der Waals surface area (Å²) in [7, 11) is 0. The fourth-order valence-corrected chi connectivity index (χ4v) is 10.4. The van der Waals surface area contributed by atoms with Crippen LogP contribution in [0.2, 0.25) is 0 Å². The first-order valence-electron chi connectivity index (χ1n) is 31.6. The highest BCUT2D eigenvalue weighted by Gasteiger charge is 2.44. The van der Waals surface area contributed by atoms with Crippen molar-refractivity contribution in [2.45, 2.75) is 364 Å². The summed E-state index contributed by atoms with van der Waals surface area (Å²) in [5.41, 5.74) is 0. The molecular formula is C62H121NO10. The Morgan fingerprint density at radius 3 is 1.15 bits per heavy atom. The van der Waals surface area contributed by atoms with Crippen molar-refractivity contribution in [1.29, 1.82) is 0 Å². The second-order valence-corrected chi connectivity index (χ2v) is 22.5. The molecule has 1 saturated heterocycles. The zero-order valence-corrected chi connectivity index (χ0v) is 47.6. The Morgan fingerprint density at radius 2 is 0.795 bits per heavy atom. The quantitative estimate of drug-likeness (QED) is 0.0215. The SMILES string of the molecule is CCCCCCCCCCCCCC/C=C\CCCCCCCCCCCCC(O)C(=O)NC(COC1OC(CO)C(O)C(O)C1O)C(O)C(O)CCCCCCCCCCCCCCCCCCCCCC. The van der Waals surface area contributed by atoms with Crippen LogP contribution in [-0.4, -0.2) is 110 Å². The maximum Gasteiger partial charge on any atom is 0.249 e. The van der Waals surface area contributed by atoms with Crippen LogP contribution in [0.1, 0.15) is 309 Å². The van der Waals surface area contributed by atoms with Crippen molar-refractivity contribution in [1.82, 2.24) is 5.32 Å². The van der Waals surface area contributed by atoms with E-state index in [4.69, 9.17) is 9.47 Å². The molecule has 0 bridgehead atoms. The Labute approximate surface area is 449 Å². The van der Waals surface area contributed by atoms with E-state index in [1.807, 2.05) is 0 Å². The van der Waals surface area contributed by atoms with Gasteiger partial charge in [-0.3, -0.25) is 4.79 Å². The van der Waals surface area contributed by atoms with Crippen LogP contribution in [0.5, 0.6) is 0 Å². The molecule has 0 aromatic heterocycles. The number of nitrogens with one attached hydrogen (secondary N) is 1. The Kier molecular flexibility index (Phi) is 49.4. The number of allylic oxidation sites excluding steroid dienone is 2. The molecule has 0 aromatic carbocycles. The first-order valence-corrected chi connectivity index (χ1v) is 31.6. The average molecular weight is 1040 g/mol. The van der Waals surface area contributed by atoms with E-state index < -0.39 is 74.2 Å². The number of hydrogen-bond donors (Lipinski definition) is 8. The van der Waals surface area contributed by atoms with Gasteiger partial charge in [0.2, 0.25) is 5.91 Å². The minimum Gasteiger partial charge on any atom is -0.394 e. The lowest BCUT2D eigenvalue weighted by molar-refractivity contribution is -0.303. The van der Waals surface area contributed by atoms with E-state index in [9.17, 15) is 40.5 Å². The van der Waals surface area contributed by atoms with Gasteiger partial charge in [0, 0.05) is 0 Å². The summed E-state index contributed by atoms with van der Waals surface area (Å²) in [4.78, 5) is 13.2. The van der Waals surface area contributed by atoms with Crippen LogP contribution in [0.25, 0.3) is 0 Å². The van der Waals surface area contributed by atoms with Crippen molar-refractivity contribution >= 4 is 5.91 Å². The molecule has 1 fully saturated rings. The van der Waals surface area contributed by atoms with Crippen LogP contribution in [0.3, 0.4) is 0 Å². The standard InChI is InChI=1S/C62H121NO10/c1-3-5-7-9-11-13-15-17-19-21-23-25-26-27-28-29-30-32-34-36-38-40-42-44-46-48-50-55(66)61(71)63-53(52-72-62-60(70)59(69)58(68)56(51-64)73-62)57(67)54(65)49-47-45-43-41-39-37-35-33-31-24-22-20-18-16-14-12-10-8-6-4-2/h27-28,53-60,62,64-70H,3-26,29-52H2,1-2H3,(H,63,71)/b28-27-. The number of aliphatic hydroxyl groups is 7. The molecule has 11 nitrogen and oxygen atoms in total. The van der Waals surface area contributed by atoms with E-state index in [-0.39, 0.29) is 6.42 Å². The van der Waals surface area contributed by atoms with E-state index in [2.05, 4.69) is 31.3 Å². The fraction of sp³-hybridized carbons (Fsp3) is 0.952. The molecule has 1 aliphatic rings. The van der Waals surface area contributed by atoms with E-state index in [1.165, 1.54) is 231 Å². The summed E-state index contributed by atoms with van der Waals surface area (Å²) in [6.07, 6.45) is 49.8. The molecule has 0 aromatic rings. The molecule has 0 aliphatic carbocycles. The van der Waals surface area contributed by atoms with Gasteiger partial charge in [0.25, 0.3) is 0 Å². The van der Waals surface area contributed by atoms with Crippen LogP contribution in [0.4, 0.5) is 0 Å². The maximum atomic E-state index is 13.2. The monoisotopic (exact) mass is 1040 g/mol. The molecule has 0 saturated carbocycles. The third-order valence-electron chi connectivity index (χ3n) is 15.6. The number of carbonyl (C=O) groups is 1. The van der Waals surface area contributed by atoms with Crippen molar-refractivity contribution in [2.24, 2.45) is 0 Å². The molecule has 73 heavy (non-hydrogen) atoms. The van der Waals surface area contributed by atoms with Crippen molar-refractivity contribution in [3.63, 3.8) is 0 Å². The van der Waals surface area contributed by atoms with Crippen molar-refractivity contribution in [2.75, 3.05) is 13.2 Å². The van der Waals surface area contributed by atoms with Crippen LogP contribution in [0.15, 0.2) is 12.2 Å². The predicted molar refractivity (Wildman–Crippen MR) is 303 cm³/mol. The molecule has 0 spiro atoms. The highest BCUT2D eigenvalue weighted by Crippen LogP contribution is 2.24. The zero-order valence-electron chi connectivity index (χ0n) is 47.6. The third kappa shape index (κ3) is 39.8. The smallest absolute Gasteiger partial charge is 0.249 e. The van der Waals surface area contributed by atoms with Gasteiger partial charge in [-0.05, 0) is 38.5 Å². The van der Waals surface area contributed by atoms with Crippen LogP contribution in [-0.2, 0) is 14.3 Å². The van der Waals surface area contributed by atoms with Crippen molar-refractivity contribution in [3.8, 4) is 0 Å². The first-order chi connectivity index (χ1) is 35.7. The molecule has 1 heterocycles. The second kappa shape index (κ2) is 51.6. The average Bonchev–Trinajstić information content (AvgIpc) is 3.39. The second-order valence-electron chi connectivity index (χ2n) is 22.5. The summed E-state index contributed by atoms with van der Waals surface area (Å²) >= 11 is 0. The number of aliphatic hydroxyl groups excluding tert-OH is 7. The molecule has 1 amide bonds. The lowest BCUT2D eigenvalue weighted by atomic mass is 9.98. The van der Waals surface area contributed by atoms with Crippen LogP contribution >= 0.6 is 0 Å². The normalized spacial score (nSPS) is 19.9. The summed E-state index contributed by atoms with van der Waals surface area (Å²) in [5, 5.41) is 76.3. The molecular weight excluding hydrogens is 919 g/mol. The number of ether oxygens (including phenoxy) is 2. The number of unbranched alkanes of at least 4 members (excludes halogenated alkanes) is 41. The molecule has 8 N–H and O–H groups in total. The van der Waals surface area contributed by atoms with Gasteiger partial charge in [-0.25, -0.2) is 0 Å². The topological polar surface area (TPSA) is 189 Å². The summed E-state index contributed by atoms with van der Waals surface area (Å²) in [6.45, 7) is 3.50.